The smallest absolute Gasteiger partial charge is 0.0702 e. The highest BCUT2D eigenvalue weighted by Crippen LogP contribution is 2.38. The molecule has 4 heteroatoms. The second kappa shape index (κ2) is 6.04. The van der Waals surface area contributed by atoms with Crippen LogP contribution in [0.3, 0.4) is 0 Å². The van der Waals surface area contributed by atoms with Gasteiger partial charge >= 0.3 is 0 Å². The molecule has 2 N–H and O–H groups in total. The van der Waals surface area contributed by atoms with Crippen molar-refractivity contribution in [3.63, 3.8) is 0 Å². The molecule has 1 aromatic heterocycles. The van der Waals surface area contributed by atoms with E-state index < -0.39 is 0 Å². The van der Waals surface area contributed by atoms with Gasteiger partial charge in [0.15, 0.2) is 0 Å². The first-order valence-corrected chi connectivity index (χ1v) is 8.38. The maximum absolute atomic E-state index is 6.27. The van der Waals surface area contributed by atoms with E-state index in [1.165, 1.54) is 28.0 Å². The highest BCUT2D eigenvalue weighted by atomic mass is 79.9. The minimum atomic E-state index is 0.176. The molecule has 2 rings (SSSR count). The fourth-order valence-corrected chi connectivity index (χ4v) is 4.75. The van der Waals surface area contributed by atoms with Gasteiger partial charge in [0, 0.05) is 17.0 Å². The van der Waals surface area contributed by atoms with Crippen molar-refractivity contribution in [3.8, 4) is 0 Å². The molecule has 0 spiro atoms. The Bertz CT molecular complexity index is 389. The van der Waals surface area contributed by atoms with Gasteiger partial charge < -0.3 is 5.73 Å². The Balaban J connectivity index is 2.25. The molecule has 1 fully saturated rings. The Kier molecular flexibility index (Phi) is 4.86. The first kappa shape index (κ1) is 14.5. The predicted molar refractivity (Wildman–Crippen MR) is 83.0 cm³/mol. The molecular formula is C14H23BrN2S. The van der Waals surface area contributed by atoms with Gasteiger partial charge in [-0.3, -0.25) is 4.90 Å². The molecule has 1 saturated heterocycles. The Morgan fingerprint density at radius 2 is 2.11 bits per heavy atom. The molecule has 1 aromatic rings. The summed E-state index contributed by atoms with van der Waals surface area (Å²) in [6.07, 6.45) is 2.62. The van der Waals surface area contributed by atoms with E-state index in [9.17, 15) is 0 Å². The van der Waals surface area contributed by atoms with Crippen molar-refractivity contribution < 1.29 is 0 Å². The van der Waals surface area contributed by atoms with Gasteiger partial charge in [-0.2, -0.15) is 0 Å². The van der Waals surface area contributed by atoms with Crippen molar-refractivity contribution in [3.05, 3.63) is 20.8 Å². The number of thiophene rings is 1. The summed E-state index contributed by atoms with van der Waals surface area (Å²) in [6.45, 7) is 7.97. The Labute approximate surface area is 123 Å². The fraction of sp³-hybridized carbons (Fsp3) is 0.714. The number of nitrogens with two attached hydrogens (primary N) is 1. The van der Waals surface area contributed by atoms with E-state index in [1.54, 1.807) is 0 Å². The molecular weight excluding hydrogens is 308 g/mol. The highest BCUT2D eigenvalue weighted by molar-refractivity contribution is 9.11. The lowest BCUT2D eigenvalue weighted by atomic mass is 9.98. The minimum Gasteiger partial charge on any atom is -0.326 e. The SMILES string of the molecule is CC(C)C1CCCN1C(c1ccc(Br)s1)C(C)N. The monoisotopic (exact) mass is 330 g/mol. The average Bonchev–Trinajstić information content (AvgIpc) is 2.88. The summed E-state index contributed by atoms with van der Waals surface area (Å²) < 4.78 is 1.20. The number of likely N-dealkylation sites (tertiary alicyclic amines) is 1. The Morgan fingerprint density at radius 1 is 1.39 bits per heavy atom. The number of rotatable bonds is 4. The molecule has 2 nitrogen and oxygen atoms in total. The summed E-state index contributed by atoms with van der Waals surface area (Å²) in [4.78, 5) is 4.03. The zero-order valence-electron chi connectivity index (χ0n) is 11.4. The molecule has 18 heavy (non-hydrogen) atoms. The van der Waals surface area contributed by atoms with Crippen molar-refractivity contribution in [2.75, 3.05) is 6.54 Å². The largest absolute Gasteiger partial charge is 0.326 e. The molecule has 2 heterocycles. The summed E-state index contributed by atoms with van der Waals surface area (Å²) in [6, 6.07) is 5.59. The molecule has 102 valence electrons. The van der Waals surface area contributed by atoms with Crippen LogP contribution in [0.4, 0.5) is 0 Å². The number of nitrogens with zero attached hydrogens (tertiary/aromatic N) is 1. The van der Waals surface area contributed by atoms with Crippen LogP contribution < -0.4 is 5.73 Å². The van der Waals surface area contributed by atoms with Gasteiger partial charge in [0.1, 0.15) is 0 Å². The maximum atomic E-state index is 6.27. The predicted octanol–water partition coefficient (Wildman–Crippen LogP) is 4.02. The van der Waals surface area contributed by atoms with Gasteiger partial charge in [-0.05, 0) is 60.3 Å². The van der Waals surface area contributed by atoms with Gasteiger partial charge in [-0.25, -0.2) is 0 Å². The standard InChI is InChI=1S/C14H23BrN2S/c1-9(2)11-5-4-8-17(11)14(10(3)16)12-6-7-13(15)18-12/h6-7,9-11,14H,4-5,8,16H2,1-3H3. The van der Waals surface area contributed by atoms with Crippen LogP contribution in [0.2, 0.25) is 0 Å². The quantitative estimate of drug-likeness (QED) is 0.903. The molecule has 3 unspecified atom stereocenters. The van der Waals surface area contributed by atoms with Gasteiger partial charge in [0.05, 0.1) is 9.83 Å². The van der Waals surface area contributed by atoms with E-state index in [4.69, 9.17) is 5.73 Å². The van der Waals surface area contributed by atoms with Crippen LogP contribution >= 0.6 is 27.3 Å². The second-order valence-corrected chi connectivity index (χ2v) is 8.13. The van der Waals surface area contributed by atoms with Crippen molar-refractivity contribution >= 4 is 27.3 Å². The van der Waals surface area contributed by atoms with Crippen LogP contribution in [-0.2, 0) is 0 Å². The first-order valence-electron chi connectivity index (χ1n) is 6.77. The molecule has 0 bridgehead atoms. The lowest BCUT2D eigenvalue weighted by Crippen LogP contribution is -2.43. The van der Waals surface area contributed by atoms with E-state index in [-0.39, 0.29) is 6.04 Å². The number of hydrogen-bond donors (Lipinski definition) is 1. The molecule has 0 amide bonds. The Morgan fingerprint density at radius 3 is 2.61 bits per heavy atom. The van der Waals surface area contributed by atoms with Crippen LogP contribution in [0.5, 0.6) is 0 Å². The second-order valence-electron chi connectivity index (χ2n) is 5.64. The summed E-state index contributed by atoms with van der Waals surface area (Å²) in [5, 5.41) is 0. The van der Waals surface area contributed by atoms with Gasteiger partial charge in [0.25, 0.3) is 0 Å². The minimum absolute atomic E-state index is 0.176. The molecule has 1 aliphatic rings. The highest BCUT2D eigenvalue weighted by Gasteiger charge is 2.35. The van der Waals surface area contributed by atoms with E-state index in [1.807, 2.05) is 11.3 Å². The molecule has 0 aliphatic carbocycles. The molecule has 1 aliphatic heterocycles. The zero-order chi connectivity index (χ0) is 13.3. The van der Waals surface area contributed by atoms with Crippen molar-refractivity contribution in [1.29, 1.82) is 0 Å². The van der Waals surface area contributed by atoms with Crippen LogP contribution in [0, 0.1) is 5.92 Å². The van der Waals surface area contributed by atoms with E-state index in [2.05, 4.69) is 53.7 Å². The maximum Gasteiger partial charge on any atom is 0.0702 e. The van der Waals surface area contributed by atoms with Gasteiger partial charge in [-0.1, -0.05) is 13.8 Å². The van der Waals surface area contributed by atoms with Crippen LogP contribution in [0.1, 0.15) is 44.5 Å². The summed E-state index contributed by atoms with van der Waals surface area (Å²) in [5.74, 6) is 0.706. The van der Waals surface area contributed by atoms with E-state index in [0.29, 0.717) is 18.0 Å². The third-order valence-electron chi connectivity index (χ3n) is 3.85. The van der Waals surface area contributed by atoms with Crippen LogP contribution in [0.15, 0.2) is 15.9 Å². The lowest BCUT2D eigenvalue weighted by molar-refractivity contribution is 0.132. The third kappa shape index (κ3) is 2.98. The van der Waals surface area contributed by atoms with Gasteiger partial charge in [0.2, 0.25) is 0 Å². The van der Waals surface area contributed by atoms with Crippen LogP contribution in [0.25, 0.3) is 0 Å². The van der Waals surface area contributed by atoms with Crippen molar-refractivity contribution in [2.24, 2.45) is 11.7 Å². The van der Waals surface area contributed by atoms with Gasteiger partial charge in [-0.15, -0.1) is 11.3 Å². The lowest BCUT2D eigenvalue weighted by Gasteiger charge is -2.36. The topological polar surface area (TPSA) is 29.3 Å². The first-order chi connectivity index (χ1) is 8.50. The zero-order valence-corrected chi connectivity index (χ0v) is 13.8. The molecule has 0 radical (unpaired) electrons. The average molecular weight is 331 g/mol. The molecule has 0 aromatic carbocycles. The Hall–Kier alpha value is 0.1000. The van der Waals surface area contributed by atoms with E-state index in [0.717, 1.165) is 0 Å². The normalized spacial score (nSPS) is 24.7. The van der Waals surface area contributed by atoms with Crippen LogP contribution in [-0.4, -0.2) is 23.5 Å². The number of hydrogen-bond acceptors (Lipinski definition) is 3. The summed E-state index contributed by atoms with van der Waals surface area (Å²) in [5.41, 5.74) is 6.27. The van der Waals surface area contributed by atoms with E-state index >= 15 is 0 Å². The van der Waals surface area contributed by atoms with Crippen molar-refractivity contribution in [1.82, 2.24) is 4.90 Å². The third-order valence-corrected chi connectivity index (χ3v) is 5.55. The number of halogens is 1. The fourth-order valence-electron chi connectivity index (χ4n) is 3.09. The van der Waals surface area contributed by atoms with Crippen molar-refractivity contribution in [2.45, 2.75) is 51.7 Å². The summed E-state index contributed by atoms with van der Waals surface area (Å²) in [7, 11) is 0. The molecule has 0 saturated carbocycles. The molecule has 3 atom stereocenters. The summed E-state index contributed by atoms with van der Waals surface area (Å²) >= 11 is 5.38.